The van der Waals surface area contributed by atoms with Gasteiger partial charge in [0.15, 0.2) is 6.29 Å². The van der Waals surface area contributed by atoms with E-state index in [9.17, 15) is 5.11 Å². The molecule has 0 radical (unpaired) electrons. The largest absolute Gasteiger partial charge is 0.389 e. The maximum absolute atomic E-state index is 9.48. The number of aliphatic hydroxyl groups is 1. The molecule has 1 saturated carbocycles. The highest BCUT2D eigenvalue weighted by Crippen LogP contribution is 2.36. The van der Waals surface area contributed by atoms with Gasteiger partial charge < -0.3 is 14.6 Å². The lowest BCUT2D eigenvalue weighted by molar-refractivity contribution is -0.215. The van der Waals surface area contributed by atoms with Crippen LogP contribution in [-0.2, 0) is 9.47 Å². The van der Waals surface area contributed by atoms with Crippen molar-refractivity contribution < 1.29 is 14.6 Å². The summed E-state index contributed by atoms with van der Waals surface area (Å²) in [5.74, 6) is 0.205. The molecular formula is C9H14O3. The van der Waals surface area contributed by atoms with Crippen LogP contribution < -0.4 is 0 Å². The number of aliphatic hydroxyl groups excluding tert-OH is 1. The Morgan fingerprint density at radius 2 is 2.33 bits per heavy atom. The first-order valence-electron chi connectivity index (χ1n) is 4.32. The van der Waals surface area contributed by atoms with E-state index < -0.39 is 6.10 Å². The van der Waals surface area contributed by atoms with Crippen LogP contribution in [0.5, 0.6) is 0 Å². The Morgan fingerprint density at radius 3 is 3.08 bits per heavy atom. The van der Waals surface area contributed by atoms with Crippen molar-refractivity contribution in [2.45, 2.75) is 31.8 Å². The lowest BCUT2D eigenvalue weighted by atomic mass is 10.0. The van der Waals surface area contributed by atoms with Gasteiger partial charge in [-0.2, -0.15) is 0 Å². The quantitative estimate of drug-likeness (QED) is 0.543. The first-order valence-corrected chi connectivity index (χ1v) is 4.32. The van der Waals surface area contributed by atoms with Gasteiger partial charge in [0.2, 0.25) is 0 Å². The molecule has 0 unspecified atom stereocenters. The van der Waals surface area contributed by atoms with Crippen molar-refractivity contribution in [3.05, 3.63) is 12.2 Å². The van der Waals surface area contributed by atoms with Crippen LogP contribution in [0.3, 0.4) is 0 Å². The monoisotopic (exact) mass is 170 g/mol. The van der Waals surface area contributed by atoms with E-state index in [0.717, 1.165) is 5.57 Å². The minimum absolute atomic E-state index is 0.122. The van der Waals surface area contributed by atoms with Gasteiger partial charge in [-0.15, -0.1) is 0 Å². The van der Waals surface area contributed by atoms with Crippen LogP contribution in [0.2, 0.25) is 0 Å². The summed E-state index contributed by atoms with van der Waals surface area (Å²) in [6.07, 6.45) is 0.270. The van der Waals surface area contributed by atoms with Crippen molar-refractivity contribution in [1.82, 2.24) is 0 Å². The summed E-state index contributed by atoms with van der Waals surface area (Å²) in [6.45, 7) is 6.35. The zero-order valence-electron chi connectivity index (χ0n) is 7.19. The van der Waals surface area contributed by atoms with Crippen molar-refractivity contribution >= 4 is 0 Å². The Hall–Kier alpha value is -0.380. The van der Waals surface area contributed by atoms with Crippen molar-refractivity contribution in [3.63, 3.8) is 0 Å². The standard InChI is InChI=1S/C9H14O3/c1-5-7-4-11-6(2)12-9(7)3-8(5)10/h6-10H,1,3-4H2,2H3/t6-,7+,8-,9+/m1/s1. The van der Waals surface area contributed by atoms with E-state index in [0.29, 0.717) is 13.0 Å². The molecule has 0 aromatic carbocycles. The molecule has 0 aromatic rings. The Bertz CT molecular complexity index is 202. The third-order valence-electron chi connectivity index (χ3n) is 2.69. The molecule has 1 saturated heterocycles. The number of ether oxygens (including phenoxy) is 2. The maximum atomic E-state index is 9.48. The van der Waals surface area contributed by atoms with Crippen molar-refractivity contribution in [2.24, 2.45) is 5.92 Å². The molecule has 0 spiro atoms. The third kappa shape index (κ3) is 1.18. The first-order chi connectivity index (χ1) is 5.68. The van der Waals surface area contributed by atoms with Crippen LogP contribution in [0.25, 0.3) is 0 Å². The van der Waals surface area contributed by atoms with E-state index in [1.807, 2.05) is 6.92 Å². The van der Waals surface area contributed by atoms with Crippen LogP contribution in [-0.4, -0.2) is 30.2 Å². The lowest BCUT2D eigenvalue weighted by Crippen LogP contribution is -2.35. The molecule has 0 aromatic heterocycles. The van der Waals surface area contributed by atoms with Gasteiger partial charge in [0, 0.05) is 12.3 Å². The van der Waals surface area contributed by atoms with E-state index >= 15 is 0 Å². The molecule has 68 valence electrons. The molecular weight excluding hydrogens is 156 g/mol. The van der Waals surface area contributed by atoms with Crippen molar-refractivity contribution in [2.75, 3.05) is 6.61 Å². The zero-order valence-corrected chi connectivity index (χ0v) is 7.19. The summed E-state index contributed by atoms with van der Waals surface area (Å²) in [5.41, 5.74) is 0.868. The summed E-state index contributed by atoms with van der Waals surface area (Å²) in [4.78, 5) is 0. The van der Waals surface area contributed by atoms with Crippen molar-refractivity contribution in [3.8, 4) is 0 Å². The first kappa shape index (κ1) is 8.23. The minimum Gasteiger partial charge on any atom is -0.389 e. The van der Waals surface area contributed by atoms with Gasteiger partial charge in [0.25, 0.3) is 0 Å². The lowest BCUT2D eigenvalue weighted by Gasteiger charge is -2.30. The average Bonchev–Trinajstić information content (AvgIpc) is 2.28. The molecule has 1 aliphatic carbocycles. The van der Waals surface area contributed by atoms with E-state index in [4.69, 9.17) is 9.47 Å². The molecule has 12 heavy (non-hydrogen) atoms. The SMILES string of the molecule is C=C1[C@H](O)C[C@@H]2O[C@H](C)OC[C@@H]12. The second-order valence-corrected chi connectivity index (χ2v) is 3.51. The second-order valence-electron chi connectivity index (χ2n) is 3.51. The molecule has 1 aliphatic heterocycles. The Labute approximate surface area is 72.0 Å². The summed E-state index contributed by atoms with van der Waals surface area (Å²) in [7, 11) is 0. The molecule has 1 heterocycles. The zero-order chi connectivity index (χ0) is 8.72. The summed E-state index contributed by atoms with van der Waals surface area (Å²) in [6, 6.07) is 0. The predicted octanol–water partition coefficient (Wildman–Crippen LogP) is 0.685. The molecule has 2 rings (SSSR count). The van der Waals surface area contributed by atoms with E-state index in [1.165, 1.54) is 0 Å². The molecule has 4 atom stereocenters. The highest BCUT2D eigenvalue weighted by Gasteiger charge is 2.41. The van der Waals surface area contributed by atoms with Crippen LogP contribution in [0.1, 0.15) is 13.3 Å². The van der Waals surface area contributed by atoms with E-state index in [2.05, 4.69) is 6.58 Å². The number of fused-ring (bicyclic) bond motifs is 1. The number of rotatable bonds is 0. The van der Waals surface area contributed by atoms with Gasteiger partial charge in [-0.3, -0.25) is 0 Å². The predicted molar refractivity (Wildman–Crippen MR) is 43.5 cm³/mol. The van der Waals surface area contributed by atoms with Gasteiger partial charge in [-0.05, 0) is 12.5 Å². The molecule has 3 nitrogen and oxygen atoms in total. The molecule has 3 heteroatoms. The van der Waals surface area contributed by atoms with Crippen LogP contribution >= 0.6 is 0 Å². The molecule has 2 fully saturated rings. The Kier molecular flexibility index (Phi) is 1.94. The van der Waals surface area contributed by atoms with Gasteiger partial charge >= 0.3 is 0 Å². The van der Waals surface area contributed by atoms with Gasteiger partial charge in [0.1, 0.15) is 0 Å². The second kappa shape index (κ2) is 2.83. The van der Waals surface area contributed by atoms with Gasteiger partial charge in [-0.25, -0.2) is 0 Å². The summed E-state index contributed by atoms with van der Waals surface area (Å²) >= 11 is 0. The Balaban J connectivity index is 2.09. The Morgan fingerprint density at radius 1 is 1.58 bits per heavy atom. The fourth-order valence-electron chi connectivity index (χ4n) is 1.91. The highest BCUT2D eigenvalue weighted by atomic mass is 16.7. The highest BCUT2D eigenvalue weighted by molar-refractivity contribution is 5.16. The average molecular weight is 170 g/mol. The topological polar surface area (TPSA) is 38.7 Å². The van der Waals surface area contributed by atoms with Crippen LogP contribution in [0.15, 0.2) is 12.2 Å². The molecule has 2 aliphatic rings. The normalized spacial score (nSPS) is 47.7. The van der Waals surface area contributed by atoms with Crippen LogP contribution in [0, 0.1) is 5.92 Å². The number of hydrogen-bond acceptors (Lipinski definition) is 3. The van der Waals surface area contributed by atoms with Gasteiger partial charge in [-0.1, -0.05) is 6.58 Å². The summed E-state index contributed by atoms with van der Waals surface area (Å²) in [5, 5.41) is 9.48. The van der Waals surface area contributed by atoms with E-state index in [-0.39, 0.29) is 18.3 Å². The fraction of sp³-hybridized carbons (Fsp3) is 0.778. The van der Waals surface area contributed by atoms with E-state index in [1.54, 1.807) is 0 Å². The fourth-order valence-corrected chi connectivity index (χ4v) is 1.91. The minimum atomic E-state index is -0.395. The van der Waals surface area contributed by atoms with Crippen LogP contribution in [0.4, 0.5) is 0 Å². The maximum Gasteiger partial charge on any atom is 0.155 e. The summed E-state index contributed by atoms with van der Waals surface area (Å²) < 4.78 is 10.8. The number of hydrogen-bond donors (Lipinski definition) is 1. The molecule has 0 bridgehead atoms. The smallest absolute Gasteiger partial charge is 0.155 e. The third-order valence-corrected chi connectivity index (χ3v) is 2.69. The molecule has 1 N–H and O–H groups in total. The molecule has 0 amide bonds. The van der Waals surface area contributed by atoms with Crippen molar-refractivity contribution in [1.29, 1.82) is 0 Å². The van der Waals surface area contributed by atoms with Gasteiger partial charge in [0.05, 0.1) is 18.8 Å².